The molecule has 29 heavy (non-hydrogen) atoms. The quantitative estimate of drug-likeness (QED) is 0.500. The third-order valence-electron chi connectivity index (χ3n) is 4.45. The number of phenolic OH excluding ortho intramolecular Hbond substituents is 1. The predicted octanol–water partition coefficient (Wildman–Crippen LogP) is 3.59. The van der Waals surface area contributed by atoms with Crippen LogP contribution in [0.5, 0.6) is 11.5 Å². The van der Waals surface area contributed by atoms with Crippen LogP contribution in [0.25, 0.3) is 0 Å². The number of fused-ring (bicyclic) bond motifs is 1. The molecule has 7 nitrogen and oxygen atoms in total. The first-order chi connectivity index (χ1) is 14.1. The Balaban J connectivity index is 1.42. The topological polar surface area (TPSA) is 99.7 Å². The van der Waals surface area contributed by atoms with Crippen molar-refractivity contribution in [1.29, 1.82) is 0 Å². The number of hydrogen-bond donors (Lipinski definition) is 4. The van der Waals surface area contributed by atoms with Crippen LogP contribution in [0.15, 0.2) is 66.7 Å². The van der Waals surface area contributed by atoms with Crippen molar-refractivity contribution in [3.05, 3.63) is 77.9 Å². The molecule has 0 aliphatic carbocycles. The molecule has 0 saturated heterocycles. The summed E-state index contributed by atoms with van der Waals surface area (Å²) in [6, 6.07) is 19.3. The molecule has 0 saturated carbocycles. The smallest absolute Gasteiger partial charge is 0.262 e. The first kappa shape index (κ1) is 18.4. The Hall–Kier alpha value is -4.00. The Morgan fingerprint density at radius 1 is 1.07 bits per heavy atom. The Bertz CT molecular complexity index is 1080. The molecular formula is C22H19N3O4. The monoisotopic (exact) mass is 389 g/mol. The van der Waals surface area contributed by atoms with E-state index in [1.807, 2.05) is 24.3 Å². The van der Waals surface area contributed by atoms with Crippen LogP contribution >= 0.6 is 0 Å². The summed E-state index contributed by atoms with van der Waals surface area (Å²) >= 11 is 0. The molecule has 1 aliphatic heterocycles. The minimum absolute atomic E-state index is 0.00454. The van der Waals surface area contributed by atoms with E-state index in [9.17, 15) is 14.7 Å². The first-order valence-electron chi connectivity index (χ1n) is 9.07. The molecule has 2 amide bonds. The highest BCUT2D eigenvalue weighted by Gasteiger charge is 2.16. The summed E-state index contributed by atoms with van der Waals surface area (Å²) in [6.45, 7) is 0.507. The Kier molecular flexibility index (Phi) is 5.03. The zero-order valence-corrected chi connectivity index (χ0v) is 15.4. The van der Waals surface area contributed by atoms with Crippen molar-refractivity contribution in [2.24, 2.45) is 0 Å². The largest absolute Gasteiger partial charge is 0.506 e. The van der Waals surface area contributed by atoms with Crippen molar-refractivity contribution in [3.8, 4) is 11.5 Å². The highest BCUT2D eigenvalue weighted by Crippen LogP contribution is 2.30. The molecule has 0 unspecified atom stereocenters. The van der Waals surface area contributed by atoms with E-state index in [1.165, 1.54) is 6.07 Å². The number of anilines is 3. The maximum Gasteiger partial charge on any atom is 0.262 e. The van der Waals surface area contributed by atoms with Gasteiger partial charge >= 0.3 is 0 Å². The zero-order valence-electron chi connectivity index (χ0n) is 15.4. The average Bonchev–Trinajstić information content (AvgIpc) is 2.74. The van der Waals surface area contributed by atoms with Gasteiger partial charge in [0.1, 0.15) is 11.5 Å². The minimum atomic E-state index is -0.300. The number of carbonyl (C=O) groups is 2. The van der Waals surface area contributed by atoms with Crippen LogP contribution in [0.3, 0.4) is 0 Å². The van der Waals surface area contributed by atoms with Gasteiger partial charge in [-0.3, -0.25) is 9.59 Å². The summed E-state index contributed by atoms with van der Waals surface area (Å²) in [6.07, 6.45) is 0. The van der Waals surface area contributed by atoms with Gasteiger partial charge in [0.15, 0.2) is 6.61 Å². The molecule has 146 valence electrons. The van der Waals surface area contributed by atoms with Crippen molar-refractivity contribution < 1.29 is 19.4 Å². The molecule has 1 aliphatic rings. The predicted molar refractivity (Wildman–Crippen MR) is 110 cm³/mol. The van der Waals surface area contributed by atoms with Gasteiger partial charge in [0.25, 0.3) is 11.8 Å². The fraction of sp³-hybridized carbons (Fsp3) is 0.0909. The lowest BCUT2D eigenvalue weighted by Gasteiger charge is -2.19. The molecule has 0 fully saturated rings. The maximum absolute atomic E-state index is 12.5. The maximum atomic E-state index is 12.5. The number of benzene rings is 3. The van der Waals surface area contributed by atoms with Gasteiger partial charge in [0.05, 0.1) is 11.4 Å². The summed E-state index contributed by atoms with van der Waals surface area (Å²) < 4.78 is 5.42. The van der Waals surface area contributed by atoms with E-state index in [-0.39, 0.29) is 24.2 Å². The molecule has 0 radical (unpaired) electrons. The Morgan fingerprint density at radius 2 is 1.93 bits per heavy atom. The third-order valence-corrected chi connectivity index (χ3v) is 4.45. The fourth-order valence-electron chi connectivity index (χ4n) is 2.99. The number of rotatable bonds is 5. The van der Waals surface area contributed by atoms with Crippen molar-refractivity contribution in [2.75, 3.05) is 22.6 Å². The van der Waals surface area contributed by atoms with Crippen LogP contribution in [0, 0.1) is 0 Å². The third kappa shape index (κ3) is 4.30. The van der Waals surface area contributed by atoms with E-state index < -0.39 is 0 Å². The normalized spacial score (nSPS) is 12.3. The number of para-hydroxylation sites is 2. The number of aromatic hydroxyl groups is 1. The van der Waals surface area contributed by atoms with Crippen molar-refractivity contribution in [2.45, 2.75) is 6.54 Å². The first-order valence-corrected chi connectivity index (χ1v) is 9.07. The van der Waals surface area contributed by atoms with Crippen LogP contribution in [0.2, 0.25) is 0 Å². The van der Waals surface area contributed by atoms with Gasteiger partial charge in [-0.1, -0.05) is 24.3 Å². The fourth-order valence-corrected chi connectivity index (χ4v) is 2.99. The molecule has 4 rings (SSSR count). The molecule has 0 aromatic heterocycles. The molecule has 3 aromatic carbocycles. The molecule has 4 N–H and O–H groups in total. The van der Waals surface area contributed by atoms with E-state index in [1.54, 1.807) is 36.4 Å². The van der Waals surface area contributed by atoms with Gasteiger partial charge in [0.2, 0.25) is 0 Å². The lowest BCUT2D eigenvalue weighted by Crippen LogP contribution is -2.25. The van der Waals surface area contributed by atoms with Crippen molar-refractivity contribution in [1.82, 2.24) is 0 Å². The number of ether oxygens (including phenoxy) is 1. The van der Waals surface area contributed by atoms with Crippen LogP contribution in [0.4, 0.5) is 17.1 Å². The van der Waals surface area contributed by atoms with E-state index in [2.05, 4.69) is 16.0 Å². The average molecular weight is 389 g/mol. The molecular weight excluding hydrogens is 370 g/mol. The number of phenols is 1. The van der Waals surface area contributed by atoms with Crippen molar-refractivity contribution in [3.63, 3.8) is 0 Å². The van der Waals surface area contributed by atoms with Crippen LogP contribution < -0.4 is 20.7 Å². The second kappa shape index (κ2) is 7.93. The number of hydrogen-bond acceptors (Lipinski definition) is 5. The lowest BCUT2D eigenvalue weighted by atomic mass is 10.1. The van der Waals surface area contributed by atoms with Crippen LogP contribution in [0.1, 0.15) is 15.9 Å². The lowest BCUT2D eigenvalue weighted by molar-refractivity contribution is -0.118. The summed E-state index contributed by atoms with van der Waals surface area (Å²) in [4.78, 5) is 23.8. The Labute approximate surface area is 167 Å². The Morgan fingerprint density at radius 3 is 2.79 bits per heavy atom. The molecule has 3 aromatic rings. The summed E-state index contributed by atoms with van der Waals surface area (Å²) in [5.41, 5.74) is 3.26. The highest BCUT2D eigenvalue weighted by molar-refractivity contribution is 6.05. The molecule has 0 bridgehead atoms. The molecule has 0 atom stereocenters. The molecule has 7 heteroatoms. The van der Waals surface area contributed by atoms with Gasteiger partial charge in [-0.25, -0.2) is 0 Å². The standard InChI is InChI=1S/C22H19N3O4/c26-19-7-2-1-6-17(19)25-22(28)15-5-3-4-14(10-15)12-23-16-8-9-18-20(11-16)29-13-21(27)24-18/h1-11,23,26H,12-13H2,(H,24,27)(H,25,28). The number of nitrogens with one attached hydrogen (secondary N) is 3. The van der Waals surface area contributed by atoms with Gasteiger partial charge in [-0.05, 0) is 42.0 Å². The minimum Gasteiger partial charge on any atom is -0.506 e. The second-order valence-corrected chi connectivity index (χ2v) is 6.57. The highest BCUT2D eigenvalue weighted by atomic mass is 16.5. The second-order valence-electron chi connectivity index (χ2n) is 6.57. The van der Waals surface area contributed by atoms with Gasteiger partial charge in [-0.15, -0.1) is 0 Å². The van der Waals surface area contributed by atoms with Crippen LogP contribution in [-0.2, 0) is 11.3 Å². The zero-order chi connectivity index (χ0) is 20.2. The number of carbonyl (C=O) groups excluding carboxylic acids is 2. The van der Waals surface area contributed by atoms with E-state index in [0.717, 1.165) is 11.3 Å². The summed E-state index contributed by atoms with van der Waals surface area (Å²) in [5.74, 6) is 0.165. The van der Waals surface area contributed by atoms with E-state index >= 15 is 0 Å². The SMILES string of the molecule is O=C1COc2cc(NCc3cccc(C(=O)Nc4ccccc4O)c3)ccc2N1. The van der Waals surface area contributed by atoms with Gasteiger partial charge in [-0.2, -0.15) is 0 Å². The summed E-state index contributed by atoms with van der Waals surface area (Å²) in [5, 5.41) is 18.6. The van der Waals surface area contributed by atoms with Crippen LogP contribution in [-0.4, -0.2) is 23.5 Å². The van der Waals surface area contributed by atoms with Gasteiger partial charge in [0, 0.05) is 23.9 Å². The van der Waals surface area contributed by atoms with Crippen molar-refractivity contribution >= 4 is 28.9 Å². The van der Waals surface area contributed by atoms with E-state index in [0.29, 0.717) is 29.2 Å². The molecule has 1 heterocycles. The molecule has 0 spiro atoms. The number of amides is 2. The summed E-state index contributed by atoms with van der Waals surface area (Å²) in [7, 11) is 0. The van der Waals surface area contributed by atoms with E-state index in [4.69, 9.17) is 4.74 Å². The van der Waals surface area contributed by atoms with Gasteiger partial charge < -0.3 is 25.8 Å².